The molecular weight excluding hydrogens is 346 g/mol. The molecule has 0 unspecified atom stereocenters. The molecule has 3 nitrogen and oxygen atoms in total. The number of carbonyl (C=O) groups excluding carboxylic acids is 1. The number of nitrogens with zero attached hydrogens (tertiary/aromatic N) is 1. The topological polar surface area (TPSA) is 29.5 Å². The highest BCUT2D eigenvalue weighted by atomic mass is 16.5. The normalized spacial score (nSPS) is 11.7. The van der Waals surface area contributed by atoms with Crippen LogP contribution in [0.1, 0.15) is 118 Å². The molecule has 0 N–H and O–H groups in total. The summed E-state index contributed by atoms with van der Waals surface area (Å²) in [7, 11) is 0. The molecular formula is C25H51NO2. The van der Waals surface area contributed by atoms with Crippen molar-refractivity contribution in [2.75, 3.05) is 26.2 Å². The van der Waals surface area contributed by atoms with Crippen LogP contribution in [0.4, 0.5) is 0 Å². The van der Waals surface area contributed by atoms with Crippen LogP contribution in [-0.2, 0) is 9.53 Å². The molecule has 0 radical (unpaired) electrons. The minimum Gasteiger partial charge on any atom is -0.465 e. The van der Waals surface area contributed by atoms with Crippen LogP contribution in [-0.4, -0.2) is 37.1 Å². The van der Waals surface area contributed by atoms with Gasteiger partial charge in [-0.1, -0.05) is 98.8 Å². The first-order chi connectivity index (χ1) is 13.5. The van der Waals surface area contributed by atoms with Crippen LogP contribution in [0.25, 0.3) is 0 Å². The number of carbonyl (C=O) groups is 1. The van der Waals surface area contributed by atoms with Gasteiger partial charge in [-0.05, 0) is 44.2 Å². The van der Waals surface area contributed by atoms with Crippen LogP contribution in [0.15, 0.2) is 0 Å². The van der Waals surface area contributed by atoms with E-state index in [1.54, 1.807) is 0 Å². The fraction of sp³-hybridized carbons (Fsp3) is 0.960. The minimum atomic E-state index is -0.0279. The maximum atomic E-state index is 12.2. The highest BCUT2D eigenvalue weighted by Crippen LogP contribution is 2.11. The third-order valence-corrected chi connectivity index (χ3v) is 5.38. The number of hydrogen-bond donors (Lipinski definition) is 0. The van der Waals surface area contributed by atoms with Crippen LogP contribution in [0.5, 0.6) is 0 Å². The first-order valence-electron chi connectivity index (χ1n) is 12.3. The van der Waals surface area contributed by atoms with Crippen molar-refractivity contribution in [1.82, 2.24) is 4.90 Å². The Labute approximate surface area is 177 Å². The number of hydrogen-bond acceptors (Lipinski definition) is 3. The SMILES string of the molecule is CCCCCCCOC(=O)CN(CCCCCC(C)C)CCCCCC(C)C. The summed E-state index contributed by atoms with van der Waals surface area (Å²) in [5, 5.41) is 0. The Kier molecular flexibility index (Phi) is 19.3. The lowest BCUT2D eigenvalue weighted by molar-refractivity contribution is -0.145. The van der Waals surface area contributed by atoms with E-state index in [1.165, 1.54) is 77.0 Å². The van der Waals surface area contributed by atoms with Crippen molar-refractivity contribution in [3.8, 4) is 0 Å². The third-order valence-electron chi connectivity index (χ3n) is 5.38. The molecule has 3 heteroatoms. The van der Waals surface area contributed by atoms with Crippen molar-refractivity contribution in [2.45, 2.75) is 118 Å². The van der Waals surface area contributed by atoms with Crippen molar-refractivity contribution in [1.29, 1.82) is 0 Å². The second-order valence-electron chi connectivity index (χ2n) is 9.40. The molecule has 0 amide bonds. The van der Waals surface area contributed by atoms with E-state index in [0.29, 0.717) is 13.2 Å². The zero-order chi connectivity index (χ0) is 21.0. The van der Waals surface area contributed by atoms with E-state index in [2.05, 4.69) is 39.5 Å². The average Bonchev–Trinajstić information content (AvgIpc) is 2.63. The molecule has 0 aromatic rings. The number of esters is 1. The van der Waals surface area contributed by atoms with Gasteiger partial charge in [-0.2, -0.15) is 0 Å². The van der Waals surface area contributed by atoms with Crippen molar-refractivity contribution in [3.63, 3.8) is 0 Å². The predicted molar refractivity (Wildman–Crippen MR) is 123 cm³/mol. The van der Waals surface area contributed by atoms with E-state index < -0.39 is 0 Å². The Morgan fingerprint density at radius 2 is 1.21 bits per heavy atom. The zero-order valence-corrected chi connectivity index (χ0v) is 19.9. The van der Waals surface area contributed by atoms with Crippen LogP contribution < -0.4 is 0 Å². The monoisotopic (exact) mass is 397 g/mol. The molecule has 0 aromatic carbocycles. The highest BCUT2D eigenvalue weighted by molar-refractivity contribution is 5.71. The summed E-state index contributed by atoms with van der Waals surface area (Å²) >= 11 is 0. The Bertz CT molecular complexity index is 323. The Hall–Kier alpha value is -0.570. The summed E-state index contributed by atoms with van der Waals surface area (Å²) in [5.41, 5.74) is 0. The highest BCUT2D eigenvalue weighted by Gasteiger charge is 2.12. The van der Waals surface area contributed by atoms with Crippen LogP contribution in [0, 0.1) is 11.8 Å². The van der Waals surface area contributed by atoms with E-state index in [4.69, 9.17) is 4.74 Å². The second kappa shape index (κ2) is 19.7. The lowest BCUT2D eigenvalue weighted by atomic mass is 10.0. The summed E-state index contributed by atoms with van der Waals surface area (Å²) in [4.78, 5) is 14.6. The first-order valence-corrected chi connectivity index (χ1v) is 12.3. The van der Waals surface area contributed by atoms with E-state index in [-0.39, 0.29) is 5.97 Å². The van der Waals surface area contributed by atoms with Gasteiger partial charge >= 0.3 is 5.97 Å². The van der Waals surface area contributed by atoms with Crippen molar-refractivity contribution in [2.24, 2.45) is 11.8 Å². The largest absolute Gasteiger partial charge is 0.465 e. The lowest BCUT2D eigenvalue weighted by Crippen LogP contribution is -2.33. The summed E-state index contributed by atoms with van der Waals surface area (Å²) in [5.74, 6) is 1.56. The summed E-state index contributed by atoms with van der Waals surface area (Å²) in [6.45, 7) is 14.5. The van der Waals surface area contributed by atoms with Crippen LogP contribution in [0.2, 0.25) is 0 Å². The van der Waals surface area contributed by atoms with Gasteiger partial charge in [0.05, 0.1) is 13.2 Å². The second-order valence-corrected chi connectivity index (χ2v) is 9.40. The lowest BCUT2D eigenvalue weighted by Gasteiger charge is -2.21. The summed E-state index contributed by atoms with van der Waals surface area (Å²) < 4.78 is 5.49. The smallest absolute Gasteiger partial charge is 0.320 e. The fourth-order valence-corrected chi connectivity index (χ4v) is 3.52. The number of unbranched alkanes of at least 4 members (excludes halogenated alkanes) is 8. The molecule has 0 aliphatic rings. The molecule has 0 saturated heterocycles. The van der Waals surface area contributed by atoms with Crippen LogP contribution in [0.3, 0.4) is 0 Å². The Morgan fingerprint density at radius 1 is 0.714 bits per heavy atom. The van der Waals surface area contributed by atoms with Crippen molar-refractivity contribution in [3.05, 3.63) is 0 Å². The van der Waals surface area contributed by atoms with Gasteiger partial charge in [0.1, 0.15) is 0 Å². The molecule has 0 rings (SSSR count). The molecule has 0 saturated carbocycles. The van der Waals surface area contributed by atoms with Gasteiger partial charge in [-0.15, -0.1) is 0 Å². The van der Waals surface area contributed by atoms with Gasteiger partial charge < -0.3 is 4.74 Å². The molecule has 0 aliphatic carbocycles. The molecule has 0 atom stereocenters. The fourth-order valence-electron chi connectivity index (χ4n) is 3.52. The molecule has 0 fully saturated rings. The van der Waals surface area contributed by atoms with E-state index in [0.717, 1.165) is 31.3 Å². The quantitative estimate of drug-likeness (QED) is 0.160. The van der Waals surface area contributed by atoms with E-state index in [9.17, 15) is 4.79 Å². The molecule has 0 aliphatic heterocycles. The van der Waals surface area contributed by atoms with Gasteiger partial charge in [0.25, 0.3) is 0 Å². The summed E-state index contributed by atoms with van der Waals surface area (Å²) in [6, 6.07) is 0. The Balaban J connectivity index is 4.06. The molecule has 0 heterocycles. The van der Waals surface area contributed by atoms with E-state index in [1.807, 2.05) is 0 Å². The standard InChI is InChI=1S/C25H51NO2/c1-6-7-8-9-16-21-28-25(27)22-26(19-14-10-12-17-23(2)3)20-15-11-13-18-24(4)5/h23-24H,6-22H2,1-5H3. The maximum absolute atomic E-state index is 12.2. The first kappa shape index (κ1) is 27.4. The van der Waals surface area contributed by atoms with Crippen LogP contribution >= 0.6 is 0 Å². The zero-order valence-electron chi connectivity index (χ0n) is 19.9. The van der Waals surface area contributed by atoms with Crippen molar-refractivity contribution >= 4 is 5.97 Å². The van der Waals surface area contributed by atoms with Gasteiger partial charge in [-0.25, -0.2) is 0 Å². The van der Waals surface area contributed by atoms with Gasteiger partial charge in [0, 0.05) is 0 Å². The predicted octanol–water partition coefficient (Wildman–Crippen LogP) is 7.23. The van der Waals surface area contributed by atoms with E-state index >= 15 is 0 Å². The number of ether oxygens (including phenoxy) is 1. The van der Waals surface area contributed by atoms with Gasteiger partial charge in [-0.3, -0.25) is 9.69 Å². The molecule has 168 valence electrons. The molecule has 28 heavy (non-hydrogen) atoms. The molecule has 0 bridgehead atoms. The average molecular weight is 398 g/mol. The maximum Gasteiger partial charge on any atom is 0.320 e. The Morgan fingerprint density at radius 3 is 1.71 bits per heavy atom. The molecule has 0 spiro atoms. The minimum absolute atomic E-state index is 0.0279. The van der Waals surface area contributed by atoms with Crippen molar-refractivity contribution < 1.29 is 9.53 Å². The van der Waals surface area contributed by atoms with Gasteiger partial charge in [0.15, 0.2) is 0 Å². The number of rotatable bonds is 20. The third kappa shape index (κ3) is 20.2. The summed E-state index contributed by atoms with van der Waals surface area (Å²) in [6.07, 6.45) is 16.2. The molecule has 0 aromatic heterocycles. The van der Waals surface area contributed by atoms with Gasteiger partial charge in [0.2, 0.25) is 0 Å².